The molecule has 0 N–H and O–H groups in total. The maximum absolute atomic E-state index is 14.0. The lowest BCUT2D eigenvalue weighted by Crippen LogP contribution is -2.48. The van der Waals surface area contributed by atoms with Gasteiger partial charge in [-0.3, -0.25) is 9.59 Å². The smallest absolute Gasteiger partial charge is 0.254 e. The zero-order chi connectivity index (χ0) is 22.7. The molecule has 5 nitrogen and oxygen atoms in total. The van der Waals surface area contributed by atoms with E-state index in [0.29, 0.717) is 31.6 Å². The van der Waals surface area contributed by atoms with E-state index in [-0.39, 0.29) is 29.7 Å². The summed E-state index contributed by atoms with van der Waals surface area (Å²) in [5.74, 6) is -1.48. The molecule has 0 bridgehead atoms. The van der Waals surface area contributed by atoms with Gasteiger partial charge >= 0.3 is 0 Å². The fourth-order valence-electron chi connectivity index (χ4n) is 4.26. The minimum absolute atomic E-state index is 0.129. The molecule has 1 atom stereocenters. The van der Waals surface area contributed by atoms with E-state index >= 15 is 0 Å². The Kier molecular flexibility index (Phi) is 6.35. The summed E-state index contributed by atoms with van der Waals surface area (Å²) in [5, 5.41) is 0. The van der Waals surface area contributed by atoms with Gasteiger partial charge in [0.25, 0.3) is 5.91 Å². The third-order valence-corrected chi connectivity index (χ3v) is 5.70. The minimum atomic E-state index is -0.499. The van der Waals surface area contributed by atoms with Crippen LogP contribution in [0.25, 0.3) is 0 Å². The Bertz CT molecular complexity index is 1130. The Hall–Kier alpha value is -3.48. The van der Waals surface area contributed by atoms with Gasteiger partial charge in [0.1, 0.15) is 18.2 Å². The van der Waals surface area contributed by atoms with E-state index in [9.17, 15) is 18.4 Å². The van der Waals surface area contributed by atoms with Gasteiger partial charge in [0.2, 0.25) is 5.91 Å². The highest BCUT2D eigenvalue weighted by atomic mass is 19.1. The summed E-state index contributed by atoms with van der Waals surface area (Å²) < 4.78 is 29.7. The molecule has 7 heteroatoms. The first kappa shape index (κ1) is 21.7. The highest BCUT2D eigenvalue weighted by Crippen LogP contribution is 2.33. The molecule has 1 unspecified atom stereocenters. The van der Waals surface area contributed by atoms with E-state index < -0.39 is 11.9 Å². The maximum Gasteiger partial charge on any atom is 0.254 e. The van der Waals surface area contributed by atoms with Crippen molar-refractivity contribution in [2.45, 2.75) is 25.9 Å². The molecule has 2 aromatic carbocycles. The number of amides is 2. The highest BCUT2D eigenvalue weighted by molar-refractivity contribution is 5.96. The predicted molar refractivity (Wildman–Crippen MR) is 117 cm³/mol. The predicted octanol–water partition coefficient (Wildman–Crippen LogP) is 4.25. The molecule has 0 saturated heterocycles. The van der Waals surface area contributed by atoms with Gasteiger partial charge in [0.15, 0.2) is 0 Å². The van der Waals surface area contributed by atoms with Gasteiger partial charge < -0.3 is 14.4 Å². The second kappa shape index (κ2) is 9.34. The van der Waals surface area contributed by atoms with Crippen LogP contribution in [0.5, 0.6) is 0 Å². The average molecular weight is 437 g/mol. The molecule has 32 heavy (non-hydrogen) atoms. The first-order valence-corrected chi connectivity index (χ1v) is 10.7. The number of hydrogen-bond donors (Lipinski definition) is 0. The molecule has 0 aliphatic carbocycles. The Labute approximate surface area is 185 Å². The van der Waals surface area contributed by atoms with Crippen LogP contribution in [-0.2, 0) is 11.3 Å². The average Bonchev–Trinajstić information content (AvgIpc) is 3.26. The standard InChI is InChI=1S/C25H25F2N3O2/c1-2-11-29(25(32)19-7-4-9-21(27)16-19)17-23(31)30-14-13-28-12-5-10-22(28)24(30)18-6-3-8-20(26)15-18/h3-10,12,15-16,24H,2,11,13-14,17H2,1H3. The summed E-state index contributed by atoms with van der Waals surface area (Å²) in [6.45, 7) is 3.21. The second-order valence-electron chi connectivity index (χ2n) is 7.91. The fraction of sp³-hybridized carbons (Fsp3) is 0.280. The van der Waals surface area contributed by atoms with Crippen LogP contribution in [0.15, 0.2) is 66.9 Å². The van der Waals surface area contributed by atoms with Crippen molar-refractivity contribution in [2.75, 3.05) is 19.6 Å². The summed E-state index contributed by atoms with van der Waals surface area (Å²) >= 11 is 0. The number of carbonyl (C=O) groups excluding carboxylic acids is 2. The van der Waals surface area contributed by atoms with Crippen molar-refractivity contribution in [3.05, 3.63) is 95.3 Å². The number of halogens is 2. The van der Waals surface area contributed by atoms with Crippen LogP contribution in [0.1, 0.15) is 41.0 Å². The largest absolute Gasteiger partial charge is 0.348 e. The van der Waals surface area contributed by atoms with Crippen molar-refractivity contribution in [3.63, 3.8) is 0 Å². The zero-order valence-electron chi connectivity index (χ0n) is 17.9. The molecule has 0 spiro atoms. The second-order valence-corrected chi connectivity index (χ2v) is 7.91. The summed E-state index contributed by atoms with van der Waals surface area (Å²) in [6.07, 6.45) is 2.60. The lowest BCUT2D eigenvalue weighted by atomic mass is 9.99. The fourth-order valence-corrected chi connectivity index (χ4v) is 4.26. The molecule has 0 radical (unpaired) electrons. The van der Waals surface area contributed by atoms with Crippen molar-refractivity contribution >= 4 is 11.8 Å². The van der Waals surface area contributed by atoms with Crippen LogP contribution >= 0.6 is 0 Å². The molecule has 2 amide bonds. The van der Waals surface area contributed by atoms with Gasteiger partial charge in [-0.2, -0.15) is 0 Å². The number of aromatic nitrogens is 1. The molecule has 0 fully saturated rings. The summed E-state index contributed by atoms with van der Waals surface area (Å²) in [4.78, 5) is 29.6. The molecule has 2 heterocycles. The van der Waals surface area contributed by atoms with E-state index in [1.54, 1.807) is 23.1 Å². The maximum atomic E-state index is 14.0. The number of carbonyl (C=O) groups is 2. The quantitative estimate of drug-likeness (QED) is 0.579. The number of benzene rings is 2. The van der Waals surface area contributed by atoms with Gasteiger partial charge in [0, 0.05) is 37.1 Å². The van der Waals surface area contributed by atoms with Gasteiger partial charge in [-0.15, -0.1) is 0 Å². The molecular weight excluding hydrogens is 412 g/mol. The van der Waals surface area contributed by atoms with Gasteiger partial charge in [0.05, 0.1) is 6.04 Å². The molecule has 0 saturated carbocycles. The minimum Gasteiger partial charge on any atom is -0.348 e. The monoisotopic (exact) mass is 437 g/mol. The van der Waals surface area contributed by atoms with E-state index in [2.05, 4.69) is 4.57 Å². The topological polar surface area (TPSA) is 45.6 Å². The van der Waals surface area contributed by atoms with Crippen molar-refractivity contribution in [1.29, 1.82) is 0 Å². The Morgan fingerprint density at radius 2 is 1.75 bits per heavy atom. The first-order chi connectivity index (χ1) is 15.5. The summed E-state index contributed by atoms with van der Waals surface area (Å²) in [7, 11) is 0. The van der Waals surface area contributed by atoms with Crippen molar-refractivity contribution in [2.24, 2.45) is 0 Å². The summed E-state index contributed by atoms with van der Waals surface area (Å²) in [6, 6.07) is 15.1. The molecule has 1 aromatic heterocycles. The number of rotatable bonds is 6. The molecule has 4 rings (SSSR count). The SMILES string of the molecule is CCCN(CC(=O)N1CCn2cccc2C1c1cccc(F)c1)C(=O)c1cccc(F)c1. The van der Waals surface area contributed by atoms with Crippen LogP contribution in [-0.4, -0.2) is 45.8 Å². The number of fused-ring (bicyclic) bond motifs is 1. The number of nitrogens with zero attached hydrogens (tertiary/aromatic N) is 3. The van der Waals surface area contributed by atoms with Crippen molar-refractivity contribution in [3.8, 4) is 0 Å². The van der Waals surface area contributed by atoms with Crippen molar-refractivity contribution in [1.82, 2.24) is 14.4 Å². The van der Waals surface area contributed by atoms with Gasteiger partial charge in [-0.05, 0) is 54.4 Å². The summed E-state index contributed by atoms with van der Waals surface area (Å²) in [5.41, 5.74) is 1.78. The third kappa shape index (κ3) is 4.42. The van der Waals surface area contributed by atoms with E-state index in [0.717, 1.165) is 5.69 Å². The highest BCUT2D eigenvalue weighted by Gasteiger charge is 2.33. The van der Waals surface area contributed by atoms with Crippen LogP contribution in [0.3, 0.4) is 0 Å². The lowest BCUT2D eigenvalue weighted by molar-refractivity contribution is -0.134. The van der Waals surface area contributed by atoms with Crippen LogP contribution < -0.4 is 0 Å². The van der Waals surface area contributed by atoms with E-state index in [1.165, 1.54) is 35.2 Å². The molecule has 1 aliphatic rings. The van der Waals surface area contributed by atoms with E-state index in [4.69, 9.17) is 0 Å². The zero-order valence-corrected chi connectivity index (χ0v) is 17.9. The molecule has 3 aromatic rings. The molecular formula is C25H25F2N3O2. The van der Waals surface area contributed by atoms with Crippen LogP contribution in [0.4, 0.5) is 8.78 Å². The van der Waals surface area contributed by atoms with Crippen LogP contribution in [0, 0.1) is 11.6 Å². The van der Waals surface area contributed by atoms with Crippen LogP contribution in [0.2, 0.25) is 0 Å². The van der Waals surface area contributed by atoms with Crippen molar-refractivity contribution < 1.29 is 18.4 Å². The van der Waals surface area contributed by atoms with Gasteiger partial charge in [-0.25, -0.2) is 8.78 Å². The molecule has 166 valence electrons. The van der Waals surface area contributed by atoms with E-state index in [1.807, 2.05) is 25.3 Å². The third-order valence-electron chi connectivity index (χ3n) is 5.70. The first-order valence-electron chi connectivity index (χ1n) is 10.7. The Morgan fingerprint density at radius 1 is 1.00 bits per heavy atom. The number of hydrogen-bond acceptors (Lipinski definition) is 2. The Balaban J connectivity index is 1.62. The molecule has 1 aliphatic heterocycles. The lowest BCUT2D eigenvalue weighted by Gasteiger charge is -2.38. The van der Waals surface area contributed by atoms with Gasteiger partial charge in [-0.1, -0.05) is 25.1 Å². The normalized spacial score (nSPS) is 15.3. The Morgan fingerprint density at radius 3 is 2.47 bits per heavy atom.